The smallest absolute Gasteiger partial charge is 0.228 e. The molecule has 2 heterocycles. The van der Waals surface area contributed by atoms with Gasteiger partial charge in [0.15, 0.2) is 5.65 Å². The molecule has 136 valence electrons. The van der Waals surface area contributed by atoms with E-state index in [4.69, 9.17) is 4.74 Å². The zero-order chi connectivity index (χ0) is 17.9. The van der Waals surface area contributed by atoms with E-state index in [1.807, 2.05) is 24.3 Å². The molecule has 0 saturated heterocycles. The van der Waals surface area contributed by atoms with Gasteiger partial charge in [-0.1, -0.05) is 12.1 Å². The second-order valence-corrected chi connectivity index (χ2v) is 6.56. The third-order valence-electron chi connectivity index (χ3n) is 4.76. The van der Waals surface area contributed by atoms with Crippen molar-refractivity contribution in [1.82, 2.24) is 14.6 Å². The topological polar surface area (TPSA) is 71.7 Å². The third-order valence-corrected chi connectivity index (χ3v) is 4.76. The predicted molar refractivity (Wildman–Crippen MR) is 96.9 cm³/mol. The molecule has 7 heteroatoms. The van der Waals surface area contributed by atoms with Crippen LogP contribution in [0.4, 0.5) is 10.2 Å². The Hall–Kier alpha value is -2.67. The van der Waals surface area contributed by atoms with E-state index in [0.29, 0.717) is 11.8 Å². The predicted octanol–water partition coefficient (Wildman–Crippen LogP) is 3.42. The Bertz CT molecular complexity index is 890. The summed E-state index contributed by atoms with van der Waals surface area (Å²) in [5.74, 6) is 1.24. The van der Waals surface area contributed by atoms with Gasteiger partial charge in [-0.2, -0.15) is 0 Å². The second kappa shape index (κ2) is 7.29. The maximum absolute atomic E-state index is 12.4. The molecule has 2 N–H and O–H groups in total. The van der Waals surface area contributed by atoms with Crippen LogP contribution in [0.3, 0.4) is 0 Å². The first kappa shape index (κ1) is 16.8. The van der Waals surface area contributed by atoms with Crippen LogP contribution in [0.2, 0.25) is 0 Å². The van der Waals surface area contributed by atoms with Crippen LogP contribution in [-0.4, -0.2) is 38.7 Å². The molecule has 2 aromatic heterocycles. The van der Waals surface area contributed by atoms with Crippen molar-refractivity contribution in [3.05, 3.63) is 42.6 Å². The molecule has 1 aliphatic carbocycles. The summed E-state index contributed by atoms with van der Waals surface area (Å²) in [6.07, 6.45) is 5.07. The van der Waals surface area contributed by atoms with Crippen molar-refractivity contribution in [3.63, 3.8) is 0 Å². The van der Waals surface area contributed by atoms with Gasteiger partial charge in [0.05, 0.1) is 18.0 Å². The molecule has 0 amide bonds. The number of nitrogens with zero attached hydrogens (tertiary/aromatic N) is 3. The van der Waals surface area contributed by atoms with Crippen molar-refractivity contribution >= 4 is 11.5 Å². The van der Waals surface area contributed by atoms with Gasteiger partial charge < -0.3 is 15.2 Å². The standard InChI is InChI=1S/C19H21FN4O2/c20-12-26-16-3-1-2-13(10-16)17-11-21-19-9-8-18(23-24(17)19)22-14-4-6-15(25)7-5-14/h1-3,8-11,14-15,25H,4-7,12H2,(H,22,23)/t14-,15-. The quantitative estimate of drug-likeness (QED) is 0.733. The molecule has 1 aliphatic rings. The molecule has 0 unspecified atom stereocenters. The van der Waals surface area contributed by atoms with E-state index < -0.39 is 6.86 Å². The number of halogens is 1. The molecule has 0 atom stereocenters. The van der Waals surface area contributed by atoms with Crippen molar-refractivity contribution in [1.29, 1.82) is 0 Å². The highest BCUT2D eigenvalue weighted by Crippen LogP contribution is 2.26. The van der Waals surface area contributed by atoms with Gasteiger partial charge in [0.25, 0.3) is 0 Å². The van der Waals surface area contributed by atoms with Crippen LogP contribution in [0.5, 0.6) is 5.75 Å². The highest BCUT2D eigenvalue weighted by Gasteiger charge is 2.19. The van der Waals surface area contributed by atoms with Crippen LogP contribution in [0.25, 0.3) is 16.9 Å². The van der Waals surface area contributed by atoms with Gasteiger partial charge in [-0.15, -0.1) is 5.10 Å². The summed E-state index contributed by atoms with van der Waals surface area (Å²) >= 11 is 0. The maximum atomic E-state index is 12.4. The van der Waals surface area contributed by atoms with Crippen LogP contribution >= 0.6 is 0 Å². The van der Waals surface area contributed by atoms with Crippen molar-refractivity contribution in [3.8, 4) is 17.0 Å². The first-order valence-electron chi connectivity index (χ1n) is 8.81. The molecule has 1 fully saturated rings. The minimum absolute atomic E-state index is 0.178. The molecular weight excluding hydrogens is 335 g/mol. The molecule has 4 rings (SSSR count). The van der Waals surface area contributed by atoms with Gasteiger partial charge in [-0.25, -0.2) is 13.9 Å². The number of hydrogen-bond acceptors (Lipinski definition) is 5. The summed E-state index contributed by atoms with van der Waals surface area (Å²) < 4.78 is 19.1. The molecule has 0 spiro atoms. The number of imidazole rings is 1. The lowest BCUT2D eigenvalue weighted by atomic mass is 9.93. The van der Waals surface area contributed by atoms with Gasteiger partial charge in [-0.3, -0.25) is 0 Å². The number of anilines is 1. The fraction of sp³-hybridized carbons (Fsp3) is 0.368. The number of rotatable bonds is 5. The number of aliphatic hydroxyl groups is 1. The van der Waals surface area contributed by atoms with Crippen molar-refractivity contribution in [2.75, 3.05) is 12.2 Å². The minimum atomic E-state index is -0.862. The number of benzene rings is 1. The molecule has 26 heavy (non-hydrogen) atoms. The Balaban J connectivity index is 1.61. The lowest BCUT2D eigenvalue weighted by Gasteiger charge is -2.26. The molecule has 6 nitrogen and oxygen atoms in total. The van der Waals surface area contributed by atoms with Crippen LogP contribution < -0.4 is 10.1 Å². The number of aromatic nitrogens is 3. The molecule has 1 saturated carbocycles. The van der Waals surface area contributed by atoms with Gasteiger partial charge >= 0.3 is 0 Å². The lowest BCUT2D eigenvalue weighted by molar-refractivity contribution is 0.126. The number of hydrogen-bond donors (Lipinski definition) is 2. The first-order chi connectivity index (χ1) is 12.7. The largest absolute Gasteiger partial charge is 0.463 e. The van der Waals surface area contributed by atoms with Crippen LogP contribution in [0, 0.1) is 0 Å². The van der Waals surface area contributed by atoms with Gasteiger partial charge in [-0.05, 0) is 49.9 Å². The second-order valence-electron chi connectivity index (χ2n) is 6.56. The Kier molecular flexibility index (Phi) is 4.71. The fourth-order valence-electron chi connectivity index (χ4n) is 3.38. The van der Waals surface area contributed by atoms with E-state index in [0.717, 1.165) is 48.4 Å². The SMILES string of the molecule is O[C@H]1CC[C@H](Nc2ccc3ncc(-c4cccc(OCF)c4)n3n2)CC1. The number of ether oxygens (including phenoxy) is 1. The Morgan fingerprint density at radius 1 is 1.19 bits per heavy atom. The molecule has 0 radical (unpaired) electrons. The summed E-state index contributed by atoms with van der Waals surface area (Å²) in [4.78, 5) is 4.39. The zero-order valence-electron chi connectivity index (χ0n) is 14.3. The minimum Gasteiger partial charge on any atom is -0.463 e. The van der Waals surface area contributed by atoms with E-state index in [2.05, 4.69) is 15.4 Å². The highest BCUT2D eigenvalue weighted by atomic mass is 19.1. The average molecular weight is 356 g/mol. The Labute approximate surface area is 150 Å². The summed E-state index contributed by atoms with van der Waals surface area (Å²) in [7, 11) is 0. The van der Waals surface area contributed by atoms with Crippen molar-refractivity contribution in [2.45, 2.75) is 37.8 Å². The van der Waals surface area contributed by atoms with E-state index in [1.54, 1.807) is 22.8 Å². The molecule has 0 bridgehead atoms. The molecule has 1 aromatic carbocycles. The van der Waals surface area contributed by atoms with Crippen LogP contribution in [-0.2, 0) is 0 Å². The van der Waals surface area contributed by atoms with Crippen molar-refractivity contribution < 1.29 is 14.2 Å². The zero-order valence-corrected chi connectivity index (χ0v) is 14.3. The van der Waals surface area contributed by atoms with Crippen LogP contribution in [0.15, 0.2) is 42.6 Å². The molecule has 3 aromatic rings. The summed E-state index contributed by atoms with van der Waals surface area (Å²) in [5.41, 5.74) is 2.40. The van der Waals surface area contributed by atoms with Crippen molar-refractivity contribution in [2.24, 2.45) is 0 Å². The number of aliphatic hydroxyl groups excluding tert-OH is 1. The number of alkyl halides is 1. The van der Waals surface area contributed by atoms with Gasteiger partial charge in [0.2, 0.25) is 6.86 Å². The summed E-state index contributed by atoms with van der Waals surface area (Å²) in [6.45, 7) is -0.862. The monoisotopic (exact) mass is 356 g/mol. The summed E-state index contributed by atoms with van der Waals surface area (Å²) in [6, 6.07) is 11.4. The maximum Gasteiger partial charge on any atom is 0.228 e. The average Bonchev–Trinajstić information content (AvgIpc) is 3.07. The fourth-order valence-corrected chi connectivity index (χ4v) is 3.38. The Morgan fingerprint density at radius 3 is 2.85 bits per heavy atom. The molecular formula is C19H21FN4O2. The van der Waals surface area contributed by atoms with E-state index in [1.165, 1.54) is 0 Å². The Morgan fingerprint density at radius 2 is 2.04 bits per heavy atom. The van der Waals surface area contributed by atoms with Gasteiger partial charge in [0, 0.05) is 11.6 Å². The number of fused-ring (bicyclic) bond motifs is 1. The normalized spacial score (nSPS) is 20.2. The molecule has 0 aliphatic heterocycles. The van der Waals surface area contributed by atoms with E-state index in [-0.39, 0.29) is 6.10 Å². The van der Waals surface area contributed by atoms with Gasteiger partial charge in [0.1, 0.15) is 11.6 Å². The van der Waals surface area contributed by atoms with E-state index >= 15 is 0 Å². The highest BCUT2D eigenvalue weighted by molar-refractivity contribution is 5.65. The number of nitrogens with one attached hydrogen (secondary N) is 1. The summed E-state index contributed by atoms with van der Waals surface area (Å²) in [5, 5.41) is 17.8. The van der Waals surface area contributed by atoms with Crippen LogP contribution in [0.1, 0.15) is 25.7 Å². The lowest BCUT2D eigenvalue weighted by Crippen LogP contribution is -2.28. The third kappa shape index (κ3) is 3.48. The first-order valence-corrected chi connectivity index (χ1v) is 8.81. The van der Waals surface area contributed by atoms with E-state index in [9.17, 15) is 9.50 Å².